The number of imidazole rings is 1. The summed E-state index contributed by atoms with van der Waals surface area (Å²) in [5, 5.41) is 3.98. The van der Waals surface area contributed by atoms with Gasteiger partial charge in [0.1, 0.15) is 23.5 Å². The van der Waals surface area contributed by atoms with Crippen LogP contribution in [0.25, 0.3) is 17.0 Å². The predicted molar refractivity (Wildman–Crippen MR) is 110 cm³/mol. The summed E-state index contributed by atoms with van der Waals surface area (Å²) in [5.41, 5.74) is 1.07. The highest BCUT2D eigenvalue weighted by Crippen LogP contribution is 2.24. The van der Waals surface area contributed by atoms with Crippen LogP contribution in [0.4, 0.5) is 14.6 Å². The van der Waals surface area contributed by atoms with E-state index in [0.29, 0.717) is 35.9 Å². The van der Waals surface area contributed by atoms with E-state index in [1.165, 1.54) is 29.2 Å². The van der Waals surface area contributed by atoms with Crippen molar-refractivity contribution < 1.29 is 17.2 Å². The van der Waals surface area contributed by atoms with Crippen molar-refractivity contribution >= 4 is 21.5 Å². The Labute approximate surface area is 178 Å². The van der Waals surface area contributed by atoms with E-state index < -0.39 is 16.4 Å². The molecule has 0 spiro atoms. The van der Waals surface area contributed by atoms with Crippen LogP contribution in [0.15, 0.2) is 30.7 Å². The number of hydrogen-bond donors (Lipinski definition) is 1. The molecule has 0 aliphatic carbocycles. The minimum absolute atomic E-state index is 0.0343. The van der Waals surface area contributed by atoms with Crippen molar-refractivity contribution in [1.29, 1.82) is 0 Å². The lowest BCUT2D eigenvalue weighted by atomic mass is 10.1. The van der Waals surface area contributed by atoms with Crippen LogP contribution in [0.1, 0.15) is 12.1 Å². The summed E-state index contributed by atoms with van der Waals surface area (Å²) in [7, 11) is -1.34. The Balaban J connectivity index is 1.60. The number of fused-ring (bicyclic) bond motifs is 1. The monoisotopic (exact) mass is 452 g/mol. The Hall–Kier alpha value is -2.77. The normalized spacial score (nSPS) is 18.2. The Morgan fingerprint density at radius 1 is 1.23 bits per heavy atom. The highest BCUT2D eigenvalue weighted by molar-refractivity contribution is 7.88. The van der Waals surface area contributed by atoms with Crippen molar-refractivity contribution in [2.24, 2.45) is 0 Å². The molecule has 1 aliphatic heterocycles. The van der Waals surface area contributed by atoms with Crippen LogP contribution < -0.4 is 9.62 Å². The fourth-order valence-electron chi connectivity index (χ4n) is 3.46. The number of likely N-dealkylation sites (N-methyl/N-ethyl adjacent to an activating group) is 1. The molecule has 0 bridgehead atoms. The fourth-order valence-corrected chi connectivity index (χ4v) is 3.96. The second-order valence-electron chi connectivity index (χ2n) is 7.43. The first kappa shape index (κ1) is 21.5. The molecule has 1 saturated heterocycles. The van der Waals surface area contributed by atoms with Gasteiger partial charge in [0.15, 0.2) is 5.65 Å². The van der Waals surface area contributed by atoms with E-state index in [-0.39, 0.29) is 18.3 Å². The Morgan fingerprint density at radius 2 is 2.03 bits per heavy atom. The van der Waals surface area contributed by atoms with Gasteiger partial charge in [0.25, 0.3) is 6.43 Å². The third kappa shape index (κ3) is 4.78. The van der Waals surface area contributed by atoms with Crippen LogP contribution >= 0.6 is 0 Å². The molecule has 4 rings (SSSR count). The lowest BCUT2D eigenvalue weighted by molar-refractivity contribution is 0.144. The number of aromatic nitrogens is 5. The molecule has 3 aromatic heterocycles. The van der Waals surface area contributed by atoms with E-state index in [9.17, 15) is 17.2 Å². The predicted octanol–water partition coefficient (Wildman–Crippen LogP) is 0.793. The Morgan fingerprint density at radius 3 is 2.77 bits per heavy atom. The molecule has 166 valence electrons. The smallest absolute Gasteiger partial charge is 0.282 e. The van der Waals surface area contributed by atoms with E-state index in [1.807, 2.05) is 11.9 Å². The molecule has 0 aromatic carbocycles. The van der Waals surface area contributed by atoms with Crippen LogP contribution in [0, 0.1) is 0 Å². The first-order valence-electron chi connectivity index (χ1n) is 9.56. The molecule has 4 heterocycles. The number of piperazine rings is 1. The molecule has 13 heteroatoms. The van der Waals surface area contributed by atoms with E-state index >= 15 is 0 Å². The van der Waals surface area contributed by atoms with Gasteiger partial charge in [-0.2, -0.15) is 5.10 Å². The molecule has 0 unspecified atom stereocenters. The molecule has 0 radical (unpaired) electrons. The van der Waals surface area contributed by atoms with E-state index in [4.69, 9.17) is 0 Å². The molecular weight excluding hydrogens is 430 g/mol. The molecule has 1 atom stereocenters. The number of nitrogens with zero attached hydrogens (tertiary/aromatic N) is 7. The van der Waals surface area contributed by atoms with Crippen molar-refractivity contribution in [3.63, 3.8) is 0 Å². The van der Waals surface area contributed by atoms with Gasteiger partial charge >= 0.3 is 0 Å². The summed E-state index contributed by atoms with van der Waals surface area (Å²) >= 11 is 0. The van der Waals surface area contributed by atoms with Crippen LogP contribution in [-0.2, 0) is 10.0 Å². The van der Waals surface area contributed by atoms with Gasteiger partial charge in [0, 0.05) is 38.3 Å². The van der Waals surface area contributed by atoms with Gasteiger partial charge in [0.2, 0.25) is 10.0 Å². The summed E-state index contributed by atoms with van der Waals surface area (Å²) < 4.78 is 53.0. The van der Waals surface area contributed by atoms with Gasteiger partial charge in [-0.05, 0) is 19.2 Å². The number of sulfonamides is 1. The second-order valence-corrected chi connectivity index (χ2v) is 9.27. The zero-order valence-electron chi connectivity index (χ0n) is 17.0. The third-order valence-corrected chi connectivity index (χ3v) is 5.89. The largest absolute Gasteiger partial charge is 0.354 e. The van der Waals surface area contributed by atoms with Crippen LogP contribution in [-0.4, -0.2) is 83.4 Å². The van der Waals surface area contributed by atoms with Crippen molar-refractivity contribution in [1.82, 2.24) is 34.2 Å². The topological polar surface area (TPSA) is 109 Å². The van der Waals surface area contributed by atoms with Gasteiger partial charge in [-0.25, -0.2) is 41.4 Å². The number of alkyl halides is 2. The van der Waals surface area contributed by atoms with Gasteiger partial charge < -0.3 is 4.90 Å². The number of rotatable bonds is 6. The van der Waals surface area contributed by atoms with E-state index in [2.05, 4.69) is 29.7 Å². The van der Waals surface area contributed by atoms with Crippen molar-refractivity contribution in [2.75, 3.05) is 44.4 Å². The average Bonchev–Trinajstić information content (AvgIpc) is 3.16. The lowest BCUT2D eigenvalue weighted by Gasteiger charge is -2.40. The van der Waals surface area contributed by atoms with Crippen LogP contribution in [0.2, 0.25) is 0 Å². The number of halogens is 2. The Bertz CT molecular complexity index is 1190. The Kier molecular flexibility index (Phi) is 5.81. The summed E-state index contributed by atoms with van der Waals surface area (Å²) in [6, 6.07) is 4.46. The first-order valence-corrected chi connectivity index (χ1v) is 11.5. The molecule has 1 aliphatic rings. The highest BCUT2D eigenvalue weighted by Gasteiger charge is 2.26. The summed E-state index contributed by atoms with van der Waals surface area (Å²) in [4.78, 5) is 17.0. The van der Waals surface area contributed by atoms with Gasteiger partial charge in [-0.1, -0.05) is 0 Å². The summed E-state index contributed by atoms with van der Waals surface area (Å²) in [6.07, 6.45) is 1.38. The van der Waals surface area contributed by atoms with Crippen molar-refractivity contribution in [2.45, 2.75) is 12.5 Å². The molecule has 0 saturated carbocycles. The zero-order chi connectivity index (χ0) is 22.2. The molecule has 1 fully saturated rings. The maximum Gasteiger partial charge on any atom is 0.282 e. The lowest BCUT2D eigenvalue weighted by Crippen LogP contribution is -2.55. The number of nitrogens with one attached hydrogen (secondary N) is 1. The maximum absolute atomic E-state index is 13.1. The fraction of sp³-hybridized carbons (Fsp3) is 0.444. The van der Waals surface area contributed by atoms with Crippen LogP contribution in [0.3, 0.4) is 0 Å². The first-order chi connectivity index (χ1) is 14.7. The molecular formula is C18H22F2N8O2S. The van der Waals surface area contributed by atoms with Crippen molar-refractivity contribution in [3.8, 4) is 11.4 Å². The average molecular weight is 452 g/mol. The minimum Gasteiger partial charge on any atom is -0.354 e. The van der Waals surface area contributed by atoms with Gasteiger partial charge in [-0.3, -0.25) is 4.90 Å². The number of hydrogen-bond acceptors (Lipinski definition) is 8. The molecule has 10 nitrogen and oxygen atoms in total. The summed E-state index contributed by atoms with van der Waals surface area (Å²) in [6.45, 7) is 2.28. The van der Waals surface area contributed by atoms with Crippen LogP contribution in [0.5, 0.6) is 0 Å². The molecule has 1 N–H and O–H groups in total. The minimum atomic E-state index is -3.29. The molecule has 0 amide bonds. The number of anilines is 1. The molecule has 31 heavy (non-hydrogen) atoms. The van der Waals surface area contributed by atoms with E-state index in [0.717, 1.165) is 12.8 Å². The zero-order valence-corrected chi connectivity index (χ0v) is 17.8. The standard InChI is InChI=1S/C18H22F2N8O2S/c1-26-5-6-27(10-12(26)8-24-31(2,29)30)17-7-14(22-11-23-17)15-9-21-16-4-3-13(18(19)20)25-28(15)16/h3-4,7,9,11-12,18,24H,5-6,8,10H2,1-2H3/t12-/m1/s1. The molecule has 3 aromatic rings. The van der Waals surface area contributed by atoms with E-state index in [1.54, 1.807) is 6.07 Å². The summed E-state index contributed by atoms with van der Waals surface area (Å²) in [5.74, 6) is 0.655. The third-order valence-electron chi connectivity index (χ3n) is 5.20. The SMILES string of the molecule is CN1CCN(c2cc(-c3cnc4ccc(C(F)F)nn34)ncn2)C[C@H]1CNS(C)(=O)=O. The van der Waals surface area contributed by atoms with Crippen molar-refractivity contribution in [3.05, 3.63) is 36.4 Å². The quantitative estimate of drug-likeness (QED) is 0.585. The second kappa shape index (κ2) is 8.40. The van der Waals surface area contributed by atoms with Gasteiger partial charge in [0.05, 0.1) is 18.1 Å². The highest BCUT2D eigenvalue weighted by atomic mass is 32.2. The van der Waals surface area contributed by atoms with Gasteiger partial charge in [-0.15, -0.1) is 0 Å². The maximum atomic E-state index is 13.1.